The van der Waals surface area contributed by atoms with Crippen LogP contribution in [0.15, 0.2) is 0 Å². The number of hydrogen-bond acceptors (Lipinski definition) is 3. The van der Waals surface area contributed by atoms with Crippen molar-refractivity contribution in [3.8, 4) is 0 Å². The maximum Gasteiger partial charge on any atom is 0.226 e. The molecule has 2 aliphatic rings. The minimum atomic E-state index is -0.0272. The van der Waals surface area contributed by atoms with E-state index in [1.54, 1.807) is 4.90 Å². The summed E-state index contributed by atoms with van der Waals surface area (Å²) in [6.07, 6.45) is 2.43. The highest BCUT2D eigenvalue weighted by Crippen LogP contribution is 2.32. The Kier molecular flexibility index (Phi) is 2.07. The van der Waals surface area contributed by atoms with Crippen LogP contribution >= 0.6 is 0 Å². The van der Waals surface area contributed by atoms with Crippen molar-refractivity contribution in [1.29, 1.82) is 0 Å². The minimum Gasteiger partial charge on any atom is -0.330 e. The van der Waals surface area contributed by atoms with E-state index in [1.165, 1.54) is 0 Å². The predicted molar refractivity (Wildman–Crippen MR) is 46.9 cm³/mol. The standard InChI is InChI=1S/C9H14N2O2/c10-4-7-3-8(12)5-11(7)9(13)6-1-2-6/h6-7H,1-5,10H2. The molecule has 2 fully saturated rings. The van der Waals surface area contributed by atoms with Crippen LogP contribution in [0.25, 0.3) is 0 Å². The average molecular weight is 182 g/mol. The van der Waals surface area contributed by atoms with E-state index in [0.29, 0.717) is 13.0 Å². The third-order valence-corrected chi connectivity index (χ3v) is 2.73. The summed E-state index contributed by atoms with van der Waals surface area (Å²) < 4.78 is 0. The van der Waals surface area contributed by atoms with Crippen molar-refractivity contribution in [2.24, 2.45) is 11.7 Å². The second kappa shape index (κ2) is 3.10. The second-order valence-electron chi connectivity index (χ2n) is 3.87. The van der Waals surface area contributed by atoms with Gasteiger partial charge in [0.05, 0.1) is 12.6 Å². The number of rotatable bonds is 2. The summed E-state index contributed by atoms with van der Waals surface area (Å²) in [6, 6.07) is -0.0272. The number of nitrogens with zero attached hydrogens (tertiary/aromatic N) is 1. The van der Waals surface area contributed by atoms with Gasteiger partial charge in [0.25, 0.3) is 0 Å². The number of ketones is 1. The Morgan fingerprint density at radius 2 is 2.23 bits per heavy atom. The van der Waals surface area contributed by atoms with Crippen molar-refractivity contribution < 1.29 is 9.59 Å². The molecule has 1 aliphatic heterocycles. The van der Waals surface area contributed by atoms with Gasteiger partial charge in [-0.2, -0.15) is 0 Å². The van der Waals surface area contributed by atoms with Gasteiger partial charge >= 0.3 is 0 Å². The average Bonchev–Trinajstić information content (AvgIpc) is 2.88. The van der Waals surface area contributed by atoms with E-state index in [1.807, 2.05) is 0 Å². The van der Waals surface area contributed by atoms with Crippen LogP contribution in [0.4, 0.5) is 0 Å². The molecule has 1 saturated heterocycles. The van der Waals surface area contributed by atoms with E-state index in [-0.39, 0.29) is 30.2 Å². The molecule has 13 heavy (non-hydrogen) atoms. The molecular weight excluding hydrogens is 168 g/mol. The number of Topliss-reactive ketones (excluding diaryl/α,β-unsaturated/α-hetero) is 1. The van der Waals surface area contributed by atoms with Gasteiger partial charge in [0.15, 0.2) is 5.78 Å². The first-order valence-corrected chi connectivity index (χ1v) is 4.74. The molecule has 72 valence electrons. The van der Waals surface area contributed by atoms with Crippen LogP contribution in [0.3, 0.4) is 0 Å². The van der Waals surface area contributed by atoms with Gasteiger partial charge in [-0.1, -0.05) is 0 Å². The van der Waals surface area contributed by atoms with Crippen molar-refractivity contribution in [1.82, 2.24) is 4.90 Å². The molecule has 1 saturated carbocycles. The highest BCUT2D eigenvalue weighted by Gasteiger charge is 2.40. The largest absolute Gasteiger partial charge is 0.330 e. The second-order valence-corrected chi connectivity index (χ2v) is 3.87. The van der Waals surface area contributed by atoms with Gasteiger partial charge in [-0.15, -0.1) is 0 Å². The smallest absolute Gasteiger partial charge is 0.226 e. The fourth-order valence-corrected chi connectivity index (χ4v) is 1.79. The summed E-state index contributed by atoms with van der Waals surface area (Å²) in [6.45, 7) is 0.696. The van der Waals surface area contributed by atoms with Gasteiger partial charge in [0.1, 0.15) is 0 Å². The number of nitrogens with two attached hydrogens (primary N) is 1. The molecule has 1 atom stereocenters. The van der Waals surface area contributed by atoms with Crippen LogP contribution in [0, 0.1) is 5.92 Å². The molecule has 1 unspecified atom stereocenters. The SMILES string of the molecule is NCC1CC(=O)CN1C(=O)C1CC1. The van der Waals surface area contributed by atoms with Crippen molar-refractivity contribution in [2.45, 2.75) is 25.3 Å². The predicted octanol–water partition coefficient (Wildman–Crippen LogP) is -0.475. The van der Waals surface area contributed by atoms with E-state index in [4.69, 9.17) is 5.73 Å². The molecule has 4 heteroatoms. The van der Waals surface area contributed by atoms with Crippen LogP contribution < -0.4 is 5.73 Å². The lowest BCUT2D eigenvalue weighted by atomic mass is 10.2. The third-order valence-electron chi connectivity index (χ3n) is 2.73. The van der Waals surface area contributed by atoms with E-state index in [0.717, 1.165) is 12.8 Å². The van der Waals surface area contributed by atoms with Gasteiger partial charge < -0.3 is 10.6 Å². The molecule has 0 bridgehead atoms. The summed E-state index contributed by atoms with van der Waals surface area (Å²) in [7, 11) is 0. The van der Waals surface area contributed by atoms with Crippen LogP contribution in [-0.4, -0.2) is 35.7 Å². The molecule has 0 aromatic carbocycles. The molecule has 0 aromatic heterocycles. The quantitative estimate of drug-likeness (QED) is 0.627. The van der Waals surface area contributed by atoms with Crippen LogP contribution in [-0.2, 0) is 9.59 Å². The van der Waals surface area contributed by atoms with Gasteiger partial charge in [0, 0.05) is 18.9 Å². The fourth-order valence-electron chi connectivity index (χ4n) is 1.79. The Morgan fingerprint density at radius 3 is 2.77 bits per heavy atom. The molecule has 2 rings (SSSR count). The lowest BCUT2D eigenvalue weighted by Gasteiger charge is -2.22. The van der Waals surface area contributed by atoms with E-state index in [2.05, 4.69) is 0 Å². The maximum atomic E-state index is 11.6. The molecule has 1 heterocycles. The van der Waals surface area contributed by atoms with Crippen LogP contribution in [0.5, 0.6) is 0 Å². The molecule has 1 amide bonds. The number of carbonyl (C=O) groups excluding carboxylic acids is 2. The van der Waals surface area contributed by atoms with Crippen molar-refractivity contribution >= 4 is 11.7 Å². The van der Waals surface area contributed by atoms with E-state index >= 15 is 0 Å². The first-order chi connectivity index (χ1) is 6.22. The van der Waals surface area contributed by atoms with Crippen molar-refractivity contribution in [3.05, 3.63) is 0 Å². The molecule has 0 spiro atoms. The molecule has 4 nitrogen and oxygen atoms in total. The molecule has 2 N–H and O–H groups in total. The Balaban J connectivity index is 2.03. The Hall–Kier alpha value is -0.900. The van der Waals surface area contributed by atoms with Gasteiger partial charge in [-0.05, 0) is 12.8 Å². The van der Waals surface area contributed by atoms with Gasteiger partial charge in [0.2, 0.25) is 5.91 Å². The maximum absolute atomic E-state index is 11.6. The molecule has 0 aromatic rings. The first kappa shape index (κ1) is 8.69. The minimum absolute atomic E-state index is 0.0272. The van der Waals surface area contributed by atoms with Crippen LogP contribution in [0.1, 0.15) is 19.3 Å². The zero-order valence-corrected chi connectivity index (χ0v) is 7.53. The third kappa shape index (κ3) is 1.58. The van der Waals surface area contributed by atoms with Crippen LogP contribution in [0.2, 0.25) is 0 Å². The summed E-state index contributed by atoms with van der Waals surface area (Å²) in [5.74, 6) is 0.478. The van der Waals surface area contributed by atoms with Gasteiger partial charge in [-0.3, -0.25) is 9.59 Å². The summed E-state index contributed by atoms with van der Waals surface area (Å²) in [5, 5.41) is 0. The highest BCUT2D eigenvalue weighted by atomic mass is 16.2. The Labute approximate surface area is 77.1 Å². The normalized spacial score (nSPS) is 28.2. The summed E-state index contributed by atoms with van der Waals surface area (Å²) in [5.41, 5.74) is 5.50. The number of likely N-dealkylation sites (tertiary alicyclic amines) is 1. The number of hydrogen-bond donors (Lipinski definition) is 1. The Bertz CT molecular complexity index is 248. The lowest BCUT2D eigenvalue weighted by molar-refractivity contribution is -0.134. The fraction of sp³-hybridized carbons (Fsp3) is 0.778. The lowest BCUT2D eigenvalue weighted by Crippen LogP contribution is -2.40. The van der Waals surface area contributed by atoms with Crippen molar-refractivity contribution in [2.75, 3.05) is 13.1 Å². The van der Waals surface area contributed by atoms with Crippen molar-refractivity contribution in [3.63, 3.8) is 0 Å². The first-order valence-electron chi connectivity index (χ1n) is 4.74. The zero-order chi connectivity index (χ0) is 9.42. The Morgan fingerprint density at radius 1 is 1.54 bits per heavy atom. The highest BCUT2D eigenvalue weighted by molar-refractivity contribution is 5.91. The molecule has 1 aliphatic carbocycles. The topological polar surface area (TPSA) is 63.4 Å². The molecule has 0 radical (unpaired) electrons. The number of amides is 1. The molecular formula is C9H14N2O2. The zero-order valence-electron chi connectivity index (χ0n) is 7.53. The summed E-state index contributed by atoms with van der Waals surface area (Å²) in [4.78, 5) is 24.4. The number of carbonyl (C=O) groups is 2. The van der Waals surface area contributed by atoms with E-state index < -0.39 is 0 Å². The van der Waals surface area contributed by atoms with Gasteiger partial charge in [-0.25, -0.2) is 0 Å². The monoisotopic (exact) mass is 182 g/mol. The van der Waals surface area contributed by atoms with E-state index in [9.17, 15) is 9.59 Å². The summed E-state index contributed by atoms with van der Waals surface area (Å²) >= 11 is 0.